The molecule has 0 aromatic carbocycles. The molecule has 0 saturated heterocycles. The molecule has 0 aliphatic carbocycles. The van der Waals surface area contributed by atoms with Gasteiger partial charge in [-0.2, -0.15) is 0 Å². The van der Waals surface area contributed by atoms with Gasteiger partial charge in [0.05, 0.1) is 17.4 Å². The number of pyridine rings is 1. The molecule has 1 aromatic heterocycles. The molecule has 7 nitrogen and oxygen atoms in total. The number of amides is 2. The predicted octanol–water partition coefficient (Wildman–Crippen LogP) is 0.879. The molecule has 1 heterocycles. The lowest BCUT2D eigenvalue weighted by atomic mass is 10.0. The van der Waals surface area contributed by atoms with Gasteiger partial charge >= 0.3 is 5.97 Å². The van der Waals surface area contributed by atoms with Gasteiger partial charge in [-0.3, -0.25) is 14.6 Å². The van der Waals surface area contributed by atoms with Crippen LogP contribution in [0.25, 0.3) is 0 Å². The largest absolute Gasteiger partial charge is 0.478 e. The van der Waals surface area contributed by atoms with Crippen LogP contribution in [0.1, 0.15) is 31.1 Å². The molecule has 2 amide bonds. The second-order valence-corrected chi connectivity index (χ2v) is 4.68. The van der Waals surface area contributed by atoms with Crippen LogP contribution in [0.4, 0.5) is 5.69 Å². The number of nitrogens with one attached hydrogen (secondary N) is 2. The number of rotatable bonds is 5. The van der Waals surface area contributed by atoms with Gasteiger partial charge in [-0.25, -0.2) is 4.79 Å². The van der Waals surface area contributed by atoms with E-state index in [0.29, 0.717) is 0 Å². The minimum Gasteiger partial charge on any atom is -0.478 e. The van der Waals surface area contributed by atoms with Crippen LogP contribution in [0.15, 0.2) is 18.5 Å². The number of carboxylic acids is 1. The molecule has 0 radical (unpaired) electrons. The van der Waals surface area contributed by atoms with Gasteiger partial charge in [0.15, 0.2) is 0 Å². The average Bonchev–Trinajstić information content (AvgIpc) is 2.35. The number of carboxylic acid groups (broad SMARTS) is 1. The van der Waals surface area contributed by atoms with Crippen LogP contribution in [-0.2, 0) is 9.59 Å². The molecule has 1 aromatic rings. The molecule has 1 atom stereocenters. The zero-order chi connectivity index (χ0) is 15.3. The maximum atomic E-state index is 12.1. The Morgan fingerprint density at radius 2 is 1.90 bits per heavy atom. The second kappa shape index (κ2) is 6.65. The predicted molar refractivity (Wildman–Crippen MR) is 72.3 cm³/mol. The normalized spacial score (nSPS) is 11.8. The summed E-state index contributed by atoms with van der Waals surface area (Å²) < 4.78 is 0. The highest BCUT2D eigenvalue weighted by Crippen LogP contribution is 2.11. The van der Waals surface area contributed by atoms with E-state index in [9.17, 15) is 14.4 Å². The summed E-state index contributed by atoms with van der Waals surface area (Å²) in [6.45, 7) is 4.92. The molecule has 1 rings (SSSR count). The topological polar surface area (TPSA) is 108 Å². The number of carbonyl (C=O) groups is 3. The molecular formula is C13H17N3O4. The van der Waals surface area contributed by atoms with Crippen molar-refractivity contribution in [3.05, 3.63) is 24.0 Å². The Hall–Kier alpha value is -2.44. The minimum atomic E-state index is -1.13. The van der Waals surface area contributed by atoms with Crippen molar-refractivity contribution < 1.29 is 19.5 Å². The van der Waals surface area contributed by atoms with Gasteiger partial charge in [0, 0.05) is 13.1 Å². The third-order valence-electron chi connectivity index (χ3n) is 2.56. The van der Waals surface area contributed by atoms with Crippen LogP contribution in [0.3, 0.4) is 0 Å². The second-order valence-electron chi connectivity index (χ2n) is 4.68. The molecule has 0 aliphatic rings. The van der Waals surface area contributed by atoms with Gasteiger partial charge in [-0.05, 0) is 12.0 Å². The van der Waals surface area contributed by atoms with Crippen LogP contribution in [0.5, 0.6) is 0 Å². The fraction of sp³-hybridized carbons (Fsp3) is 0.385. The zero-order valence-corrected chi connectivity index (χ0v) is 11.5. The first-order valence-corrected chi connectivity index (χ1v) is 6.07. The molecule has 7 heteroatoms. The van der Waals surface area contributed by atoms with Gasteiger partial charge in [-0.1, -0.05) is 13.8 Å². The molecule has 0 spiro atoms. The van der Waals surface area contributed by atoms with E-state index in [0.717, 1.165) is 0 Å². The summed E-state index contributed by atoms with van der Waals surface area (Å²) in [5.74, 6) is -1.96. The number of nitrogens with zero attached hydrogens (tertiary/aromatic N) is 1. The molecule has 0 saturated carbocycles. The Morgan fingerprint density at radius 1 is 1.25 bits per heavy atom. The van der Waals surface area contributed by atoms with Crippen LogP contribution in [-0.4, -0.2) is 33.9 Å². The Bertz CT molecular complexity index is 528. The lowest BCUT2D eigenvalue weighted by Crippen LogP contribution is -2.46. The van der Waals surface area contributed by atoms with Crippen molar-refractivity contribution in [2.45, 2.75) is 26.8 Å². The van der Waals surface area contributed by atoms with E-state index in [-0.39, 0.29) is 23.1 Å². The van der Waals surface area contributed by atoms with Gasteiger partial charge in [0.2, 0.25) is 11.8 Å². The number of carbonyl (C=O) groups excluding carboxylic acids is 2. The van der Waals surface area contributed by atoms with Crippen LogP contribution < -0.4 is 10.6 Å². The highest BCUT2D eigenvalue weighted by molar-refractivity contribution is 5.98. The van der Waals surface area contributed by atoms with E-state index < -0.39 is 17.9 Å². The Labute approximate surface area is 116 Å². The summed E-state index contributed by atoms with van der Waals surface area (Å²) in [6, 6.07) is 0.610. The fourth-order valence-corrected chi connectivity index (χ4v) is 1.60. The molecule has 0 fully saturated rings. The SMILES string of the molecule is CC(=O)NC(C(=O)Nc1cncc(C(=O)O)c1)C(C)C. The summed E-state index contributed by atoms with van der Waals surface area (Å²) in [7, 11) is 0. The maximum absolute atomic E-state index is 12.1. The third-order valence-corrected chi connectivity index (χ3v) is 2.56. The van der Waals surface area contributed by atoms with Gasteiger partial charge < -0.3 is 15.7 Å². The quantitative estimate of drug-likeness (QED) is 0.741. The summed E-state index contributed by atoms with van der Waals surface area (Å²) >= 11 is 0. The summed E-state index contributed by atoms with van der Waals surface area (Å²) in [5, 5.41) is 13.9. The van der Waals surface area contributed by atoms with Crippen molar-refractivity contribution in [2.24, 2.45) is 5.92 Å². The Kier molecular flexibility index (Phi) is 5.19. The highest BCUT2D eigenvalue weighted by atomic mass is 16.4. The van der Waals surface area contributed by atoms with E-state index in [4.69, 9.17) is 5.11 Å². The molecule has 20 heavy (non-hydrogen) atoms. The number of hydrogen-bond acceptors (Lipinski definition) is 4. The minimum absolute atomic E-state index is 0.0246. The maximum Gasteiger partial charge on any atom is 0.337 e. The molecule has 1 unspecified atom stereocenters. The van der Waals surface area contributed by atoms with Crippen molar-refractivity contribution in [3.8, 4) is 0 Å². The van der Waals surface area contributed by atoms with Crippen LogP contribution in [0.2, 0.25) is 0 Å². The monoisotopic (exact) mass is 279 g/mol. The highest BCUT2D eigenvalue weighted by Gasteiger charge is 2.23. The molecule has 3 N–H and O–H groups in total. The number of hydrogen-bond donors (Lipinski definition) is 3. The Morgan fingerprint density at radius 3 is 2.40 bits per heavy atom. The average molecular weight is 279 g/mol. The standard InChI is InChI=1S/C13H17N3O4/c1-7(2)11(15-8(3)17)12(18)16-10-4-9(13(19)20)5-14-6-10/h4-7,11H,1-3H3,(H,15,17)(H,16,18)(H,19,20). The summed E-state index contributed by atoms with van der Waals surface area (Å²) in [4.78, 5) is 37.7. The lowest BCUT2D eigenvalue weighted by molar-refractivity contribution is -0.126. The van der Waals surface area contributed by atoms with E-state index in [1.807, 2.05) is 0 Å². The zero-order valence-electron chi connectivity index (χ0n) is 11.5. The van der Waals surface area contributed by atoms with Gasteiger partial charge in [-0.15, -0.1) is 0 Å². The van der Waals surface area contributed by atoms with E-state index in [1.54, 1.807) is 13.8 Å². The summed E-state index contributed by atoms with van der Waals surface area (Å²) in [5.41, 5.74) is 0.245. The van der Waals surface area contributed by atoms with E-state index in [1.165, 1.54) is 25.4 Å². The fourth-order valence-electron chi connectivity index (χ4n) is 1.60. The van der Waals surface area contributed by atoms with Crippen LogP contribution in [0, 0.1) is 5.92 Å². The van der Waals surface area contributed by atoms with Gasteiger partial charge in [0.25, 0.3) is 0 Å². The van der Waals surface area contributed by atoms with Crippen molar-refractivity contribution in [1.29, 1.82) is 0 Å². The first-order chi connectivity index (χ1) is 9.31. The van der Waals surface area contributed by atoms with Crippen molar-refractivity contribution in [1.82, 2.24) is 10.3 Å². The lowest BCUT2D eigenvalue weighted by Gasteiger charge is -2.20. The first-order valence-electron chi connectivity index (χ1n) is 6.07. The molecule has 0 bridgehead atoms. The molecular weight excluding hydrogens is 262 g/mol. The van der Waals surface area contributed by atoms with Crippen molar-refractivity contribution >= 4 is 23.5 Å². The smallest absolute Gasteiger partial charge is 0.337 e. The van der Waals surface area contributed by atoms with Crippen LogP contribution >= 0.6 is 0 Å². The van der Waals surface area contributed by atoms with E-state index in [2.05, 4.69) is 15.6 Å². The first kappa shape index (κ1) is 15.6. The van der Waals surface area contributed by atoms with Crippen molar-refractivity contribution in [3.63, 3.8) is 0 Å². The third kappa shape index (κ3) is 4.34. The molecule has 0 aliphatic heterocycles. The Balaban J connectivity index is 2.85. The van der Waals surface area contributed by atoms with E-state index >= 15 is 0 Å². The number of aromatic nitrogens is 1. The van der Waals surface area contributed by atoms with Crippen molar-refractivity contribution in [2.75, 3.05) is 5.32 Å². The van der Waals surface area contributed by atoms with Gasteiger partial charge in [0.1, 0.15) is 6.04 Å². The molecule has 108 valence electrons. The summed E-state index contributed by atoms with van der Waals surface area (Å²) in [6.07, 6.45) is 2.53. The number of anilines is 1. The number of aromatic carboxylic acids is 1.